The molecule has 2 saturated carbocycles. The molecule has 2 aliphatic rings. The van der Waals surface area contributed by atoms with E-state index in [9.17, 15) is 9.90 Å². The monoisotopic (exact) mass is 183 g/mol. The number of hydrogen-bond acceptors (Lipinski definition) is 2. The molecule has 0 spiro atoms. The van der Waals surface area contributed by atoms with Gasteiger partial charge in [0.1, 0.15) is 0 Å². The first kappa shape index (κ1) is 9.00. The van der Waals surface area contributed by atoms with Crippen LogP contribution in [0.2, 0.25) is 0 Å². The van der Waals surface area contributed by atoms with Gasteiger partial charge < -0.3 is 10.4 Å². The van der Waals surface area contributed by atoms with Crippen molar-refractivity contribution in [2.75, 3.05) is 0 Å². The lowest BCUT2D eigenvalue weighted by atomic mass is 9.84. The first-order chi connectivity index (χ1) is 6.25. The largest absolute Gasteiger partial charge is 0.393 e. The molecule has 0 heterocycles. The number of rotatable bonds is 2. The van der Waals surface area contributed by atoms with Crippen LogP contribution in [-0.4, -0.2) is 23.2 Å². The first-order valence-corrected chi connectivity index (χ1v) is 5.24. The summed E-state index contributed by atoms with van der Waals surface area (Å²) in [6, 6.07) is 0.239. The molecule has 0 radical (unpaired) electrons. The highest BCUT2D eigenvalue weighted by molar-refractivity contribution is 5.79. The third-order valence-corrected chi connectivity index (χ3v) is 3.23. The number of nitrogens with one attached hydrogen (secondary N) is 1. The van der Waals surface area contributed by atoms with Gasteiger partial charge in [-0.3, -0.25) is 4.79 Å². The Kier molecular flexibility index (Phi) is 2.54. The average Bonchev–Trinajstić information content (AvgIpc) is 2.31. The Labute approximate surface area is 78.5 Å². The van der Waals surface area contributed by atoms with Gasteiger partial charge in [-0.2, -0.15) is 0 Å². The fourth-order valence-electron chi connectivity index (χ4n) is 2.08. The summed E-state index contributed by atoms with van der Waals surface area (Å²) in [5, 5.41) is 12.3. The second-order valence-electron chi connectivity index (χ2n) is 4.30. The van der Waals surface area contributed by atoms with Crippen LogP contribution < -0.4 is 5.32 Å². The Morgan fingerprint density at radius 1 is 1.23 bits per heavy atom. The molecule has 3 nitrogen and oxygen atoms in total. The van der Waals surface area contributed by atoms with E-state index in [1.54, 1.807) is 0 Å². The zero-order valence-corrected chi connectivity index (χ0v) is 7.83. The molecule has 2 atom stereocenters. The molecule has 2 fully saturated rings. The van der Waals surface area contributed by atoms with E-state index >= 15 is 0 Å². The van der Waals surface area contributed by atoms with Gasteiger partial charge in [0.15, 0.2) is 0 Å². The van der Waals surface area contributed by atoms with Crippen molar-refractivity contribution in [3.8, 4) is 0 Å². The van der Waals surface area contributed by atoms with Crippen LogP contribution in [0.15, 0.2) is 0 Å². The third kappa shape index (κ3) is 2.02. The van der Waals surface area contributed by atoms with Gasteiger partial charge in [0.25, 0.3) is 0 Å². The Hall–Kier alpha value is -0.570. The van der Waals surface area contributed by atoms with Crippen LogP contribution in [0.3, 0.4) is 0 Å². The molecule has 0 aromatic carbocycles. The standard InChI is InChI=1S/C10H17NO2/c12-9-5-4-8(6-9)11-10(13)7-2-1-3-7/h7-9,12H,1-6H2,(H,11,13). The second-order valence-corrected chi connectivity index (χ2v) is 4.30. The van der Waals surface area contributed by atoms with Crippen molar-refractivity contribution < 1.29 is 9.90 Å². The van der Waals surface area contributed by atoms with Crippen molar-refractivity contribution in [1.29, 1.82) is 0 Å². The number of hydrogen-bond donors (Lipinski definition) is 2. The lowest BCUT2D eigenvalue weighted by Crippen LogP contribution is -2.40. The minimum atomic E-state index is -0.188. The van der Waals surface area contributed by atoms with Gasteiger partial charge in [-0.25, -0.2) is 0 Å². The predicted octanol–water partition coefficient (Wildman–Crippen LogP) is 0.816. The summed E-state index contributed by atoms with van der Waals surface area (Å²) in [4.78, 5) is 11.5. The molecule has 0 saturated heterocycles. The molecule has 0 bridgehead atoms. The van der Waals surface area contributed by atoms with Crippen molar-refractivity contribution in [3.63, 3.8) is 0 Å². The van der Waals surface area contributed by atoms with Gasteiger partial charge in [-0.15, -0.1) is 0 Å². The summed E-state index contributed by atoms with van der Waals surface area (Å²) in [6.45, 7) is 0. The topological polar surface area (TPSA) is 49.3 Å². The first-order valence-electron chi connectivity index (χ1n) is 5.24. The summed E-state index contributed by atoms with van der Waals surface area (Å²) >= 11 is 0. The number of carbonyl (C=O) groups excluding carboxylic acids is 1. The zero-order valence-electron chi connectivity index (χ0n) is 7.83. The maximum atomic E-state index is 11.5. The molecular weight excluding hydrogens is 166 g/mol. The third-order valence-electron chi connectivity index (χ3n) is 3.23. The number of carbonyl (C=O) groups is 1. The molecule has 2 N–H and O–H groups in total. The smallest absolute Gasteiger partial charge is 0.223 e. The van der Waals surface area contributed by atoms with E-state index in [0.29, 0.717) is 0 Å². The lowest BCUT2D eigenvalue weighted by Gasteiger charge is -2.25. The van der Waals surface area contributed by atoms with Crippen LogP contribution in [0.5, 0.6) is 0 Å². The van der Waals surface area contributed by atoms with E-state index in [1.165, 1.54) is 6.42 Å². The molecule has 1 amide bonds. The minimum Gasteiger partial charge on any atom is -0.393 e. The second kappa shape index (κ2) is 3.66. The highest BCUT2D eigenvalue weighted by Gasteiger charge is 2.29. The maximum Gasteiger partial charge on any atom is 0.223 e. The SMILES string of the molecule is O=C(NC1CCC(O)C1)C1CCC1. The minimum absolute atomic E-state index is 0.188. The Balaban J connectivity index is 1.74. The maximum absolute atomic E-state index is 11.5. The Bertz CT molecular complexity index is 201. The normalized spacial score (nSPS) is 34.2. The van der Waals surface area contributed by atoms with Gasteiger partial charge in [0.2, 0.25) is 5.91 Å². The number of aliphatic hydroxyl groups is 1. The lowest BCUT2D eigenvalue weighted by molar-refractivity contribution is -0.128. The van der Waals surface area contributed by atoms with E-state index < -0.39 is 0 Å². The molecule has 3 heteroatoms. The number of aliphatic hydroxyl groups excluding tert-OH is 1. The van der Waals surface area contributed by atoms with Crippen molar-refractivity contribution >= 4 is 5.91 Å². The highest BCUT2D eigenvalue weighted by Crippen LogP contribution is 2.27. The number of amides is 1. The molecule has 13 heavy (non-hydrogen) atoms. The summed E-state index contributed by atoms with van der Waals surface area (Å²) in [5.41, 5.74) is 0. The molecule has 0 aliphatic heterocycles. The van der Waals surface area contributed by atoms with Crippen molar-refractivity contribution in [1.82, 2.24) is 5.32 Å². The molecular formula is C10H17NO2. The highest BCUT2D eigenvalue weighted by atomic mass is 16.3. The van der Waals surface area contributed by atoms with Gasteiger partial charge in [0, 0.05) is 12.0 Å². The van der Waals surface area contributed by atoms with E-state index in [1.807, 2.05) is 0 Å². The van der Waals surface area contributed by atoms with Gasteiger partial charge in [-0.1, -0.05) is 6.42 Å². The summed E-state index contributed by atoms with van der Waals surface area (Å²) in [7, 11) is 0. The van der Waals surface area contributed by atoms with Gasteiger partial charge in [0.05, 0.1) is 6.10 Å². The van der Waals surface area contributed by atoms with Crippen LogP contribution in [-0.2, 0) is 4.79 Å². The van der Waals surface area contributed by atoms with Crippen molar-refractivity contribution in [3.05, 3.63) is 0 Å². The average molecular weight is 183 g/mol. The van der Waals surface area contributed by atoms with E-state index in [2.05, 4.69) is 5.32 Å². The van der Waals surface area contributed by atoms with Gasteiger partial charge in [-0.05, 0) is 32.1 Å². The van der Waals surface area contributed by atoms with Crippen molar-refractivity contribution in [2.24, 2.45) is 5.92 Å². The fraction of sp³-hybridized carbons (Fsp3) is 0.900. The molecule has 2 aliphatic carbocycles. The van der Waals surface area contributed by atoms with Crippen LogP contribution in [0.25, 0.3) is 0 Å². The summed E-state index contributed by atoms with van der Waals surface area (Å²) in [6.07, 6.45) is 5.66. The van der Waals surface area contributed by atoms with Crippen LogP contribution in [0.4, 0.5) is 0 Å². The molecule has 2 rings (SSSR count). The fourth-order valence-corrected chi connectivity index (χ4v) is 2.08. The zero-order chi connectivity index (χ0) is 9.26. The van der Waals surface area contributed by atoms with Crippen LogP contribution in [0, 0.1) is 5.92 Å². The summed E-state index contributed by atoms with van der Waals surface area (Å²) < 4.78 is 0. The molecule has 74 valence electrons. The summed E-state index contributed by atoms with van der Waals surface area (Å²) in [5.74, 6) is 0.489. The molecule has 2 unspecified atom stereocenters. The molecule has 0 aromatic rings. The van der Waals surface area contributed by atoms with Crippen molar-refractivity contribution in [2.45, 2.75) is 50.7 Å². The predicted molar refractivity (Wildman–Crippen MR) is 49.1 cm³/mol. The van der Waals surface area contributed by atoms with Crippen LogP contribution >= 0.6 is 0 Å². The quantitative estimate of drug-likeness (QED) is 0.665. The Morgan fingerprint density at radius 2 is 2.00 bits per heavy atom. The van der Waals surface area contributed by atoms with Crippen LogP contribution in [0.1, 0.15) is 38.5 Å². The molecule has 0 aromatic heterocycles. The van der Waals surface area contributed by atoms with E-state index in [4.69, 9.17) is 0 Å². The van der Waals surface area contributed by atoms with Gasteiger partial charge >= 0.3 is 0 Å². The Morgan fingerprint density at radius 3 is 2.46 bits per heavy atom. The van der Waals surface area contributed by atoms with E-state index in [-0.39, 0.29) is 24.0 Å². The van der Waals surface area contributed by atoms with E-state index in [0.717, 1.165) is 32.1 Å².